The highest BCUT2D eigenvalue weighted by Gasteiger charge is 2.24. The van der Waals surface area contributed by atoms with Crippen LogP contribution in [0.3, 0.4) is 0 Å². The zero-order chi connectivity index (χ0) is 77.6. The van der Waals surface area contributed by atoms with E-state index in [4.69, 9.17) is 50.9 Å². The molecule has 0 unspecified atom stereocenters. The first-order valence-electron chi connectivity index (χ1n) is 36.4. The summed E-state index contributed by atoms with van der Waals surface area (Å²) in [6.07, 6.45) is 10.7. The fourth-order valence-corrected chi connectivity index (χ4v) is 13.7. The molecule has 0 amide bonds. The van der Waals surface area contributed by atoms with Crippen LogP contribution in [-0.4, -0.2) is 143 Å². The van der Waals surface area contributed by atoms with Gasteiger partial charge in [0.05, 0.1) is 114 Å². The summed E-state index contributed by atoms with van der Waals surface area (Å²) in [5.41, 5.74) is 33.9. The lowest BCUT2D eigenvalue weighted by molar-refractivity contribution is 0.145. The van der Waals surface area contributed by atoms with Gasteiger partial charge in [-0.25, -0.2) is 49.4 Å². The predicted octanol–water partition coefficient (Wildman–Crippen LogP) is 14.9. The van der Waals surface area contributed by atoms with Crippen LogP contribution < -0.4 is 21.7 Å². The number of nitrogens with two attached hydrogens (primary N) is 3. The Kier molecular flexibility index (Phi) is 29.4. The molecule has 25 nitrogen and oxygen atoms in total. The molecule has 570 valence electrons. The average Bonchev–Trinajstić information content (AvgIpc) is 1.62. The van der Waals surface area contributed by atoms with E-state index in [1.807, 2.05) is 55.5 Å². The van der Waals surface area contributed by atoms with E-state index in [1.54, 1.807) is 37.3 Å². The minimum absolute atomic E-state index is 0.127. The van der Waals surface area contributed by atoms with Gasteiger partial charge in [0.1, 0.15) is 45.5 Å². The first kappa shape index (κ1) is 81.5. The second kappa shape index (κ2) is 39.4. The highest BCUT2D eigenvalue weighted by Crippen LogP contribution is 2.41. The maximum atomic E-state index is 11.3. The van der Waals surface area contributed by atoms with Crippen molar-refractivity contribution in [1.82, 2.24) is 43.6 Å². The first-order valence-corrected chi connectivity index (χ1v) is 39.2. The van der Waals surface area contributed by atoms with Crippen LogP contribution in [-0.2, 0) is 76.9 Å². The van der Waals surface area contributed by atoms with Crippen LogP contribution in [0.15, 0.2) is 124 Å². The van der Waals surface area contributed by atoms with Gasteiger partial charge in [0.25, 0.3) is 0 Å². The van der Waals surface area contributed by atoms with Crippen molar-refractivity contribution >= 4 is 143 Å². The zero-order valence-corrected chi connectivity index (χ0v) is 65.3. The summed E-state index contributed by atoms with van der Waals surface area (Å²) in [5.74, 6) is 4.16. The number of imidazole rings is 3. The van der Waals surface area contributed by atoms with Crippen molar-refractivity contribution in [2.75, 3.05) is 76.5 Å². The Balaban J connectivity index is 0.000000175. The standard InChI is InChI=1S/C27H32N5O5PS.C27H31N5O2S.C26H29N5O3S/c1-3-4-5-24-31-25-26(32(24)16-20-7-9-23(18(2)14-20)37-38(33,34)35)21-15-19(6-8-22(21)30-27(25)28)10-12-36-13-11-29-17-39;1-3-4-5-24-31-25-26(32(24)16-20-7-9-23(33)18(2)14-20)21-15-19(6-8-22(21)30-27(25)28)10-12-34-13-11-29-17-35;1-2-3-7-22-30-23-24(31(22)15-18-5-4-6-21(32)25(18)33)19-14-17(8-9-20(19)29-26(23)27)10-12-34-13-11-28-16-35/h6-9,14-15H,3-5,10-13,16H2,1-2H3,(H2,28,30)(H2,33,34,35);6-9,14-15,33H,3-5,10-13,16H2,1-2H3,(H2,28,30);4-6,8-9,14,32-33H,2-3,7,10-13,15H2,1H3,(H2,27,29). The molecule has 0 fully saturated rings. The number of thiocarbonyl (C=S) groups is 3. The molecule has 29 heteroatoms. The third-order valence-corrected chi connectivity index (χ3v) is 19.3. The number of isothiocyanates is 3. The number of phenols is 3. The summed E-state index contributed by atoms with van der Waals surface area (Å²) in [6.45, 7) is 16.4. The summed E-state index contributed by atoms with van der Waals surface area (Å²) < 4.78 is 39.7. The maximum absolute atomic E-state index is 11.3. The Bertz CT molecular complexity index is 5420. The number of nitrogens with zero attached hydrogens (tertiary/aromatic N) is 12. The van der Waals surface area contributed by atoms with Crippen molar-refractivity contribution in [2.45, 2.75) is 131 Å². The van der Waals surface area contributed by atoms with E-state index in [-0.39, 0.29) is 17.2 Å². The number of rotatable bonds is 35. The number of hydrogen-bond acceptors (Lipinski definition) is 23. The summed E-state index contributed by atoms with van der Waals surface area (Å²) in [6, 6.07) is 34.4. The number of pyridine rings is 3. The molecule has 12 rings (SSSR count). The highest BCUT2D eigenvalue weighted by atomic mass is 32.1. The minimum Gasteiger partial charge on any atom is -0.508 e. The quantitative estimate of drug-likeness (QED) is 0.00601. The number of fused-ring (bicyclic) bond motifs is 9. The van der Waals surface area contributed by atoms with E-state index in [1.165, 1.54) is 6.07 Å². The predicted molar refractivity (Wildman–Crippen MR) is 441 cm³/mol. The van der Waals surface area contributed by atoms with Gasteiger partial charge in [-0.15, -0.1) is 0 Å². The molecule has 0 aliphatic rings. The second-order valence-corrected chi connectivity index (χ2v) is 28.1. The monoisotopic (exact) mass is 1550 g/mol. The molecular weight excluding hydrogens is 1460 g/mol. The van der Waals surface area contributed by atoms with Gasteiger partial charge < -0.3 is 65.0 Å². The number of benzene rings is 6. The van der Waals surface area contributed by atoms with Crippen molar-refractivity contribution in [3.63, 3.8) is 0 Å². The lowest BCUT2D eigenvalue weighted by Crippen LogP contribution is -2.07. The molecule has 6 heterocycles. The number of aryl methyl sites for hydroxylation is 5. The fourth-order valence-electron chi connectivity index (χ4n) is 13.0. The molecule has 0 saturated carbocycles. The van der Waals surface area contributed by atoms with E-state index in [2.05, 4.69) is 141 Å². The largest absolute Gasteiger partial charge is 0.524 e. The van der Waals surface area contributed by atoms with E-state index < -0.39 is 7.82 Å². The molecule has 0 spiro atoms. The molecule has 6 aromatic carbocycles. The molecule has 0 radical (unpaired) electrons. The molecule has 0 aliphatic heterocycles. The van der Waals surface area contributed by atoms with Crippen LogP contribution in [0, 0.1) is 13.8 Å². The molecule has 11 N–H and O–H groups in total. The number of para-hydroxylation sites is 1. The van der Waals surface area contributed by atoms with Gasteiger partial charge in [-0.2, -0.15) is 0 Å². The highest BCUT2D eigenvalue weighted by molar-refractivity contribution is 7.78. The van der Waals surface area contributed by atoms with Gasteiger partial charge in [0, 0.05) is 54.1 Å². The second-order valence-electron chi connectivity index (χ2n) is 26.4. The molecule has 0 saturated heterocycles. The van der Waals surface area contributed by atoms with E-state index in [9.17, 15) is 29.7 Å². The number of aliphatic imine (C=N–C) groups is 3. The van der Waals surface area contributed by atoms with Gasteiger partial charge in [0.15, 0.2) is 29.0 Å². The van der Waals surface area contributed by atoms with Gasteiger partial charge in [-0.05, 0) is 183 Å². The van der Waals surface area contributed by atoms with E-state index >= 15 is 0 Å². The smallest absolute Gasteiger partial charge is 0.508 e. The molecule has 0 bridgehead atoms. The number of unbranched alkanes of at least 4 members (excludes halogenated alkanes) is 3. The lowest BCUT2D eigenvalue weighted by atomic mass is 10.1. The van der Waals surface area contributed by atoms with Crippen molar-refractivity contribution < 1.29 is 48.4 Å². The van der Waals surface area contributed by atoms with Crippen molar-refractivity contribution in [2.24, 2.45) is 15.0 Å². The SMILES string of the molecule is CCCCc1nc2c(N)nc3ccc(CCOCCN=C=S)cc3c2n1Cc1ccc(O)c(C)c1.CCCCc1nc2c(N)nc3ccc(CCOCCN=C=S)cc3c2n1Cc1ccc(OP(=O)(O)O)c(C)c1.CCCCc1nc2c(N)nc3ccc(CCOCCN=C=S)cc3c2n1Cc1cccc(O)c1O. The number of phenolic OH excluding ortho intramolecular Hbond substituents is 3. The molecule has 6 aromatic heterocycles. The lowest BCUT2D eigenvalue weighted by Gasteiger charge is -2.14. The maximum Gasteiger partial charge on any atom is 0.524 e. The van der Waals surface area contributed by atoms with Crippen LogP contribution in [0.5, 0.6) is 23.0 Å². The molecule has 0 atom stereocenters. The van der Waals surface area contributed by atoms with Crippen molar-refractivity contribution in [3.8, 4) is 23.0 Å². The van der Waals surface area contributed by atoms with E-state index in [0.717, 1.165) is 183 Å². The van der Waals surface area contributed by atoms with Crippen LogP contribution in [0.1, 0.15) is 121 Å². The van der Waals surface area contributed by atoms with Crippen LogP contribution in [0.2, 0.25) is 0 Å². The average molecular weight is 1550 g/mol. The molecule has 12 aromatic rings. The van der Waals surface area contributed by atoms with Crippen molar-refractivity contribution in [3.05, 3.63) is 171 Å². The Morgan fingerprint density at radius 3 is 1.19 bits per heavy atom. The number of nitrogen functional groups attached to an aromatic ring is 3. The van der Waals surface area contributed by atoms with Gasteiger partial charge in [-0.1, -0.05) is 94.6 Å². The fraction of sp³-hybridized carbons (Fsp3) is 0.362. The number of phosphoric ester groups is 1. The number of aromatic hydroxyl groups is 3. The summed E-state index contributed by atoms with van der Waals surface area (Å²) >= 11 is 13.7. The third kappa shape index (κ3) is 21.3. The Morgan fingerprint density at radius 1 is 0.450 bits per heavy atom. The minimum atomic E-state index is -4.65. The number of ether oxygens (including phenoxy) is 3. The Morgan fingerprint density at radius 2 is 0.826 bits per heavy atom. The number of anilines is 3. The van der Waals surface area contributed by atoms with E-state index in [0.29, 0.717) is 124 Å². The normalized spacial score (nSPS) is 11.4. The number of phosphoric acid groups is 1. The van der Waals surface area contributed by atoms with Crippen LogP contribution in [0.4, 0.5) is 17.5 Å². The third-order valence-electron chi connectivity index (χ3n) is 18.5. The number of aromatic nitrogens is 9. The zero-order valence-electron chi connectivity index (χ0n) is 61.9. The topological polar surface area (TPSA) is 362 Å². The van der Waals surface area contributed by atoms with Gasteiger partial charge >= 0.3 is 7.82 Å². The summed E-state index contributed by atoms with van der Waals surface area (Å²) in [7, 11) is -4.65. The van der Waals surface area contributed by atoms with Crippen LogP contribution >= 0.6 is 44.5 Å². The molecular formula is C80H92N15O10PS3. The molecule has 109 heavy (non-hydrogen) atoms. The summed E-state index contributed by atoms with van der Waals surface area (Å²) in [5, 5.41) is 40.4. The Hall–Kier alpha value is -10.0. The molecule has 0 aliphatic carbocycles. The van der Waals surface area contributed by atoms with Gasteiger partial charge in [-0.3, -0.25) is 9.79 Å². The summed E-state index contributed by atoms with van der Waals surface area (Å²) in [4.78, 5) is 58.6. The van der Waals surface area contributed by atoms with Gasteiger partial charge in [0.2, 0.25) is 0 Å². The Labute approximate surface area is 648 Å². The van der Waals surface area contributed by atoms with Crippen molar-refractivity contribution in [1.29, 1.82) is 0 Å². The first-order chi connectivity index (χ1) is 52.7. The van der Waals surface area contributed by atoms with Crippen LogP contribution in [0.25, 0.3) is 65.8 Å². The number of hydrogen-bond donors (Lipinski definition) is 8.